The summed E-state index contributed by atoms with van der Waals surface area (Å²) >= 11 is 5.77. The monoisotopic (exact) mass is 275 g/mol. The average molecular weight is 276 g/mol. The van der Waals surface area contributed by atoms with E-state index in [-0.39, 0.29) is 24.3 Å². The lowest BCUT2D eigenvalue weighted by Crippen LogP contribution is -2.30. The second-order valence-electron chi connectivity index (χ2n) is 3.34. The number of guanidine groups is 2. The molecule has 0 spiro atoms. The van der Waals surface area contributed by atoms with E-state index in [2.05, 4.69) is 4.99 Å². The van der Waals surface area contributed by atoms with Gasteiger partial charge in [0.05, 0.1) is 0 Å². The largest absolute Gasteiger partial charge is 0.370 e. The lowest BCUT2D eigenvalue weighted by Gasteiger charge is -2.16. The lowest BCUT2D eigenvalue weighted by molar-refractivity contribution is 0.491. The highest BCUT2D eigenvalue weighted by molar-refractivity contribution is 6.30. The Morgan fingerprint density at radius 1 is 1.35 bits per heavy atom. The summed E-state index contributed by atoms with van der Waals surface area (Å²) in [6.45, 7) is 0.548. The van der Waals surface area contributed by atoms with Gasteiger partial charge in [-0.1, -0.05) is 23.7 Å². The van der Waals surface area contributed by atoms with Crippen LogP contribution in [0.4, 0.5) is 0 Å². The standard InChI is InChI=1S/C10H14ClN5.ClH/c1-16(10(14)15-9(12)13)6-7-2-4-8(11)5-3-7;/h2-5H,6H2,1H3,(H5,12,13,14,15);1H. The third-order valence-electron chi connectivity index (χ3n) is 1.93. The van der Waals surface area contributed by atoms with Gasteiger partial charge in [-0.2, -0.15) is 4.99 Å². The number of hydrogen-bond acceptors (Lipinski definition) is 1. The SMILES string of the molecule is CN(Cc1ccc(Cl)cc1)C(=N)N=C(N)N.Cl. The van der Waals surface area contributed by atoms with Crippen molar-refractivity contribution in [2.24, 2.45) is 16.5 Å². The molecule has 0 saturated carbocycles. The molecule has 0 aliphatic heterocycles. The minimum absolute atomic E-state index is 0. The maximum Gasteiger partial charge on any atom is 0.221 e. The van der Waals surface area contributed by atoms with Gasteiger partial charge >= 0.3 is 0 Å². The van der Waals surface area contributed by atoms with Gasteiger partial charge < -0.3 is 16.4 Å². The molecule has 0 amide bonds. The summed E-state index contributed by atoms with van der Waals surface area (Å²) in [5.74, 6) is -0.0945. The van der Waals surface area contributed by atoms with Crippen molar-refractivity contribution in [1.29, 1.82) is 5.41 Å². The zero-order valence-electron chi connectivity index (χ0n) is 9.35. The van der Waals surface area contributed by atoms with Crippen LogP contribution in [0.5, 0.6) is 0 Å². The Morgan fingerprint density at radius 3 is 2.35 bits per heavy atom. The first kappa shape index (κ1) is 15.5. The van der Waals surface area contributed by atoms with Gasteiger partial charge in [-0.05, 0) is 17.7 Å². The fourth-order valence-electron chi connectivity index (χ4n) is 1.15. The molecule has 0 bridgehead atoms. The fourth-order valence-corrected chi connectivity index (χ4v) is 1.27. The molecule has 0 fully saturated rings. The van der Waals surface area contributed by atoms with E-state index in [1.807, 2.05) is 12.1 Å². The smallest absolute Gasteiger partial charge is 0.221 e. The predicted molar refractivity (Wildman–Crippen MR) is 73.7 cm³/mol. The van der Waals surface area contributed by atoms with Gasteiger partial charge in [-0.3, -0.25) is 5.41 Å². The van der Waals surface area contributed by atoms with Crippen molar-refractivity contribution in [3.05, 3.63) is 34.9 Å². The van der Waals surface area contributed by atoms with Crippen LogP contribution in [0.1, 0.15) is 5.56 Å². The molecule has 7 heteroatoms. The van der Waals surface area contributed by atoms with E-state index in [0.717, 1.165) is 5.56 Å². The number of halogens is 2. The Morgan fingerprint density at radius 2 is 1.88 bits per heavy atom. The molecule has 0 radical (unpaired) electrons. The molecule has 1 rings (SSSR count). The Hall–Kier alpha value is -1.46. The summed E-state index contributed by atoms with van der Waals surface area (Å²) in [4.78, 5) is 5.27. The highest BCUT2D eigenvalue weighted by atomic mass is 35.5. The fraction of sp³-hybridized carbons (Fsp3) is 0.200. The van der Waals surface area contributed by atoms with Crippen LogP contribution in [0.2, 0.25) is 5.02 Å². The average Bonchev–Trinajstić information content (AvgIpc) is 2.20. The van der Waals surface area contributed by atoms with Gasteiger partial charge in [0, 0.05) is 18.6 Å². The van der Waals surface area contributed by atoms with Gasteiger partial charge in [0.25, 0.3) is 0 Å². The third kappa shape index (κ3) is 5.42. The molecule has 0 saturated heterocycles. The second kappa shape index (κ2) is 6.98. The molecular weight excluding hydrogens is 261 g/mol. The first-order valence-electron chi connectivity index (χ1n) is 4.63. The molecule has 0 aliphatic carbocycles. The van der Waals surface area contributed by atoms with Crippen LogP contribution in [0.25, 0.3) is 0 Å². The third-order valence-corrected chi connectivity index (χ3v) is 2.18. The molecule has 0 heterocycles. The van der Waals surface area contributed by atoms with Crippen molar-refractivity contribution in [2.45, 2.75) is 6.54 Å². The van der Waals surface area contributed by atoms with Gasteiger partial charge in [0.2, 0.25) is 5.96 Å². The highest BCUT2D eigenvalue weighted by Crippen LogP contribution is 2.10. The molecule has 17 heavy (non-hydrogen) atoms. The van der Waals surface area contributed by atoms with Crippen molar-refractivity contribution in [2.75, 3.05) is 7.05 Å². The van der Waals surface area contributed by atoms with Crippen LogP contribution >= 0.6 is 24.0 Å². The summed E-state index contributed by atoms with van der Waals surface area (Å²) in [5, 5.41) is 8.25. The summed E-state index contributed by atoms with van der Waals surface area (Å²) in [6, 6.07) is 7.38. The topological polar surface area (TPSA) is 91.5 Å². The maximum absolute atomic E-state index is 7.57. The number of nitrogens with one attached hydrogen (secondary N) is 1. The lowest BCUT2D eigenvalue weighted by atomic mass is 10.2. The van der Waals surface area contributed by atoms with E-state index >= 15 is 0 Å². The van der Waals surface area contributed by atoms with Crippen LogP contribution in [-0.2, 0) is 6.54 Å². The van der Waals surface area contributed by atoms with E-state index in [4.69, 9.17) is 28.5 Å². The molecule has 1 aromatic rings. The minimum atomic E-state index is -0.118. The first-order valence-corrected chi connectivity index (χ1v) is 5.00. The number of hydrogen-bond donors (Lipinski definition) is 3. The van der Waals surface area contributed by atoms with Crippen molar-refractivity contribution >= 4 is 35.9 Å². The molecule has 5 N–H and O–H groups in total. The van der Waals surface area contributed by atoms with E-state index in [0.29, 0.717) is 11.6 Å². The summed E-state index contributed by atoms with van der Waals surface area (Å²) in [7, 11) is 1.74. The molecule has 0 aromatic heterocycles. The van der Waals surface area contributed by atoms with E-state index < -0.39 is 0 Å². The van der Waals surface area contributed by atoms with Gasteiger partial charge in [-0.25, -0.2) is 0 Å². The van der Waals surface area contributed by atoms with E-state index in [9.17, 15) is 0 Å². The van der Waals surface area contributed by atoms with Crippen LogP contribution in [-0.4, -0.2) is 23.9 Å². The maximum atomic E-state index is 7.57. The van der Waals surface area contributed by atoms with Crippen LogP contribution in [0, 0.1) is 5.41 Å². The predicted octanol–water partition coefficient (Wildman–Crippen LogP) is 1.40. The zero-order chi connectivity index (χ0) is 12.1. The Kier molecular flexibility index (Phi) is 6.38. The zero-order valence-corrected chi connectivity index (χ0v) is 10.9. The molecule has 0 atom stereocenters. The molecule has 1 aromatic carbocycles. The molecule has 0 unspecified atom stereocenters. The quantitative estimate of drug-likeness (QED) is 0.563. The molecule has 94 valence electrons. The van der Waals surface area contributed by atoms with Crippen molar-refractivity contribution < 1.29 is 0 Å². The first-order chi connectivity index (χ1) is 7.49. The van der Waals surface area contributed by atoms with Gasteiger partial charge in [-0.15, -0.1) is 12.4 Å². The van der Waals surface area contributed by atoms with Crippen LogP contribution in [0.15, 0.2) is 29.3 Å². The number of aliphatic imine (C=N–C) groups is 1. The summed E-state index contributed by atoms with van der Waals surface area (Å²) in [5.41, 5.74) is 11.4. The summed E-state index contributed by atoms with van der Waals surface area (Å²) in [6.07, 6.45) is 0. The van der Waals surface area contributed by atoms with Crippen molar-refractivity contribution in [3.8, 4) is 0 Å². The number of rotatable bonds is 2. The van der Waals surface area contributed by atoms with Crippen LogP contribution in [0.3, 0.4) is 0 Å². The van der Waals surface area contributed by atoms with E-state index in [1.165, 1.54) is 0 Å². The van der Waals surface area contributed by atoms with E-state index in [1.54, 1.807) is 24.1 Å². The van der Waals surface area contributed by atoms with Crippen molar-refractivity contribution in [3.63, 3.8) is 0 Å². The number of nitrogens with two attached hydrogens (primary N) is 2. The molecule has 5 nitrogen and oxygen atoms in total. The van der Waals surface area contributed by atoms with Crippen molar-refractivity contribution in [1.82, 2.24) is 4.90 Å². The molecule has 0 aliphatic rings. The summed E-state index contributed by atoms with van der Waals surface area (Å²) < 4.78 is 0. The molecular formula is C10H15Cl2N5. The second-order valence-corrected chi connectivity index (χ2v) is 3.78. The number of nitrogens with zero attached hydrogens (tertiary/aromatic N) is 2. The highest BCUT2D eigenvalue weighted by Gasteiger charge is 2.04. The van der Waals surface area contributed by atoms with Gasteiger partial charge in [0.15, 0.2) is 5.96 Å². The number of benzene rings is 1. The Bertz CT molecular complexity index is 398. The Balaban J connectivity index is 0.00000256. The minimum Gasteiger partial charge on any atom is -0.370 e. The van der Waals surface area contributed by atoms with Crippen LogP contribution < -0.4 is 11.5 Å². The van der Waals surface area contributed by atoms with Gasteiger partial charge in [0.1, 0.15) is 0 Å². The Labute approximate surface area is 111 Å². The normalized spacial score (nSPS) is 9.06.